The van der Waals surface area contributed by atoms with Crippen LogP contribution in [0.3, 0.4) is 0 Å². The molecule has 0 saturated carbocycles. The normalized spacial score (nSPS) is 12.0. The third kappa shape index (κ3) is 8.84. The molecule has 0 aliphatic heterocycles. The van der Waals surface area contributed by atoms with Crippen LogP contribution in [-0.4, -0.2) is 43.9 Å². The minimum atomic E-state index is -4.31. The second kappa shape index (κ2) is 12.1. The smallest absolute Gasteiger partial charge is 0.367 e. The molecule has 0 bridgehead atoms. The molecule has 0 aliphatic carbocycles. The molecule has 2 rings (SSSR count). The van der Waals surface area contributed by atoms with Crippen LogP contribution in [0, 0.1) is 0 Å². The van der Waals surface area contributed by atoms with Gasteiger partial charge in [0.25, 0.3) is 0 Å². The Balaban J connectivity index is 1.78. The minimum Gasteiger partial charge on any atom is -0.367 e. The fourth-order valence-corrected chi connectivity index (χ4v) is 2.89. The van der Waals surface area contributed by atoms with Crippen LogP contribution in [0.15, 0.2) is 47.6 Å². The SMILES string of the molecule is CCN(CC)c1ccc(CNC(=NC)NCc2ccc(COCC(F)(F)F)cc2)cn1. The minimum absolute atomic E-state index is 0.0719. The van der Waals surface area contributed by atoms with E-state index in [1.54, 1.807) is 19.2 Å². The molecule has 31 heavy (non-hydrogen) atoms. The van der Waals surface area contributed by atoms with Crippen molar-refractivity contribution >= 4 is 11.8 Å². The predicted molar refractivity (Wildman–Crippen MR) is 117 cm³/mol. The van der Waals surface area contributed by atoms with E-state index in [0.29, 0.717) is 24.6 Å². The van der Waals surface area contributed by atoms with E-state index in [-0.39, 0.29) is 6.61 Å². The molecule has 0 fully saturated rings. The van der Waals surface area contributed by atoms with Gasteiger partial charge in [0.05, 0.1) is 6.61 Å². The van der Waals surface area contributed by atoms with Gasteiger partial charge in [-0.1, -0.05) is 30.3 Å². The maximum Gasteiger partial charge on any atom is 0.411 e. The van der Waals surface area contributed by atoms with E-state index in [0.717, 1.165) is 30.0 Å². The van der Waals surface area contributed by atoms with Crippen LogP contribution in [0.1, 0.15) is 30.5 Å². The topological polar surface area (TPSA) is 61.8 Å². The lowest BCUT2D eigenvalue weighted by Gasteiger charge is -2.19. The molecule has 2 aromatic rings. The van der Waals surface area contributed by atoms with Crippen LogP contribution in [0.2, 0.25) is 0 Å². The summed E-state index contributed by atoms with van der Waals surface area (Å²) < 4.78 is 41.0. The Labute approximate surface area is 181 Å². The van der Waals surface area contributed by atoms with E-state index in [1.807, 2.05) is 30.5 Å². The van der Waals surface area contributed by atoms with Crippen LogP contribution in [0.5, 0.6) is 0 Å². The zero-order chi connectivity index (χ0) is 22.7. The number of pyridine rings is 1. The summed E-state index contributed by atoms with van der Waals surface area (Å²) in [5.41, 5.74) is 2.71. The van der Waals surface area contributed by atoms with Gasteiger partial charge in [-0.25, -0.2) is 4.98 Å². The summed E-state index contributed by atoms with van der Waals surface area (Å²) in [6, 6.07) is 11.3. The Hall–Kier alpha value is -2.81. The predicted octanol–water partition coefficient (Wildman–Crippen LogP) is 3.87. The van der Waals surface area contributed by atoms with E-state index in [4.69, 9.17) is 0 Å². The first-order valence-electron chi connectivity index (χ1n) is 10.2. The van der Waals surface area contributed by atoms with Crippen molar-refractivity contribution in [2.75, 3.05) is 31.6 Å². The second-order valence-electron chi connectivity index (χ2n) is 6.90. The Morgan fingerprint density at radius 1 is 0.968 bits per heavy atom. The lowest BCUT2D eigenvalue weighted by atomic mass is 10.1. The molecule has 0 unspecified atom stereocenters. The summed E-state index contributed by atoms with van der Waals surface area (Å²) in [5.74, 6) is 1.61. The highest BCUT2D eigenvalue weighted by Crippen LogP contribution is 2.16. The van der Waals surface area contributed by atoms with Gasteiger partial charge in [0, 0.05) is 39.4 Å². The molecule has 6 nitrogen and oxygen atoms in total. The van der Waals surface area contributed by atoms with Gasteiger partial charge in [-0.05, 0) is 36.6 Å². The van der Waals surface area contributed by atoms with Gasteiger partial charge in [0.15, 0.2) is 5.96 Å². The fourth-order valence-electron chi connectivity index (χ4n) is 2.89. The summed E-state index contributed by atoms with van der Waals surface area (Å²) >= 11 is 0. The van der Waals surface area contributed by atoms with Gasteiger partial charge in [-0.2, -0.15) is 13.2 Å². The maximum absolute atomic E-state index is 12.1. The number of nitrogens with one attached hydrogen (secondary N) is 2. The zero-order valence-electron chi connectivity index (χ0n) is 18.2. The maximum atomic E-state index is 12.1. The molecule has 0 saturated heterocycles. The van der Waals surface area contributed by atoms with E-state index >= 15 is 0 Å². The number of ether oxygens (including phenoxy) is 1. The lowest BCUT2D eigenvalue weighted by Crippen LogP contribution is -2.36. The first-order valence-corrected chi connectivity index (χ1v) is 10.2. The van der Waals surface area contributed by atoms with Crippen molar-refractivity contribution in [2.24, 2.45) is 4.99 Å². The van der Waals surface area contributed by atoms with Crippen molar-refractivity contribution in [3.8, 4) is 0 Å². The number of hydrogen-bond acceptors (Lipinski definition) is 4. The molecule has 9 heteroatoms. The largest absolute Gasteiger partial charge is 0.411 e. The van der Waals surface area contributed by atoms with Crippen LogP contribution in [0.25, 0.3) is 0 Å². The lowest BCUT2D eigenvalue weighted by molar-refractivity contribution is -0.176. The highest BCUT2D eigenvalue weighted by Gasteiger charge is 2.27. The molecule has 0 radical (unpaired) electrons. The number of aromatic nitrogens is 1. The molecule has 0 spiro atoms. The second-order valence-corrected chi connectivity index (χ2v) is 6.90. The molecule has 1 aromatic carbocycles. The van der Waals surface area contributed by atoms with Gasteiger partial charge in [-0.15, -0.1) is 0 Å². The summed E-state index contributed by atoms with van der Waals surface area (Å²) in [6.07, 6.45) is -2.45. The first kappa shape index (κ1) is 24.5. The molecule has 0 aliphatic rings. The number of hydrogen-bond donors (Lipinski definition) is 2. The Kier molecular flexibility index (Phi) is 9.58. The number of nitrogens with zero attached hydrogens (tertiary/aromatic N) is 3. The number of rotatable bonds is 10. The van der Waals surface area contributed by atoms with Crippen molar-refractivity contribution in [3.63, 3.8) is 0 Å². The molecule has 1 aromatic heterocycles. The van der Waals surface area contributed by atoms with Crippen molar-refractivity contribution in [1.29, 1.82) is 0 Å². The van der Waals surface area contributed by atoms with Gasteiger partial charge >= 0.3 is 6.18 Å². The zero-order valence-corrected chi connectivity index (χ0v) is 18.2. The molecular formula is C22H30F3N5O. The fraction of sp³-hybridized carbons (Fsp3) is 0.455. The van der Waals surface area contributed by atoms with Crippen molar-refractivity contribution in [2.45, 2.75) is 39.7 Å². The van der Waals surface area contributed by atoms with Crippen LogP contribution in [-0.2, 0) is 24.4 Å². The number of halogens is 3. The Morgan fingerprint density at radius 2 is 1.55 bits per heavy atom. The van der Waals surface area contributed by atoms with Crippen LogP contribution in [0.4, 0.5) is 19.0 Å². The number of benzene rings is 1. The van der Waals surface area contributed by atoms with E-state index in [9.17, 15) is 13.2 Å². The van der Waals surface area contributed by atoms with Crippen molar-refractivity contribution in [3.05, 3.63) is 59.3 Å². The molecule has 1 heterocycles. The molecular weight excluding hydrogens is 407 g/mol. The van der Waals surface area contributed by atoms with Gasteiger partial charge < -0.3 is 20.3 Å². The number of alkyl halides is 3. The van der Waals surface area contributed by atoms with Crippen LogP contribution < -0.4 is 15.5 Å². The highest BCUT2D eigenvalue weighted by molar-refractivity contribution is 5.79. The molecule has 0 amide bonds. The van der Waals surface area contributed by atoms with Crippen molar-refractivity contribution < 1.29 is 17.9 Å². The van der Waals surface area contributed by atoms with Gasteiger partial charge in [-0.3, -0.25) is 4.99 Å². The summed E-state index contributed by atoms with van der Waals surface area (Å²) in [6.45, 7) is 5.84. The summed E-state index contributed by atoms with van der Waals surface area (Å²) in [4.78, 5) is 10.9. The van der Waals surface area contributed by atoms with Crippen molar-refractivity contribution in [1.82, 2.24) is 15.6 Å². The average Bonchev–Trinajstić information content (AvgIpc) is 2.76. The summed E-state index contributed by atoms with van der Waals surface area (Å²) in [7, 11) is 1.69. The third-order valence-corrected chi connectivity index (χ3v) is 4.60. The monoisotopic (exact) mass is 437 g/mol. The van der Waals surface area contributed by atoms with E-state index in [1.165, 1.54) is 0 Å². The van der Waals surface area contributed by atoms with Crippen LogP contribution >= 0.6 is 0 Å². The highest BCUT2D eigenvalue weighted by atomic mass is 19.4. The van der Waals surface area contributed by atoms with E-state index in [2.05, 4.69) is 44.1 Å². The summed E-state index contributed by atoms with van der Waals surface area (Å²) in [5, 5.41) is 6.46. The standard InChI is InChI=1S/C22H30F3N5O/c1-4-30(5-2)20-11-10-19(13-27-20)14-29-21(26-3)28-12-17-6-8-18(9-7-17)15-31-16-22(23,24)25/h6-11,13H,4-5,12,14-16H2,1-3H3,(H2,26,28,29). The number of anilines is 1. The Morgan fingerprint density at radius 3 is 2.06 bits per heavy atom. The molecule has 0 atom stereocenters. The third-order valence-electron chi connectivity index (χ3n) is 4.60. The first-order chi connectivity index (χ1) is 14.8. The van der Waals surface area contributed by atoms with Gasteiger partial charge in [0.1, 0.15) is 12.4 Å². The number of aliphatic imine (C=N–C) groups is 1. The van der Waals surface area contributed by atoms with E-state index < -0.39 is 12.8 Å². The Bertz CT molecular complexity index is 803. The van der Waals surface area contributed by atoms with Gasteiger partial charge in [0.2, 0.25) is 0 Å². The quantitative estimate of drug-likeness (QED) is 0.437. The molecule has 2 N–H and O–H groups in total. The molecule has 170 valence electrons. The number of guanidine groups is 1. The average molecular weight is 438 g/mol.